The first-order valence-corrected chi connectivity index (χ1v) is 11.3. The van der Waals surface area contributed by atoms with E-state index in [9.17, 15) is 0 Å². The molecule has 1 aromatic carbocycles. The molecule has 4 heterocycles. The number of aryl methyl sites for hydroxylation is 1. The van der Waals surface area contributed by atoms with Gasteiger partial charge in [-0.15, -0.1) is 0 Å². The van der Waals surface area contributed by atoms with Crippen LogP contribution in [-0.2, 0) is 11.2 Å². The Morgan fingerprint density at radius 1 is 1.21 bits per heavy atom. The van der Waals surface area contributed by atoms with Crippen molar-refractivity contribution in [2.45, 2.75) is 18.9 Å². The highest BCUT2D eigenvalue weighted by atomic mass is 19.1. The molecule has 34 heavy (non-hydrogen) atoms. The molecule has 1 unspecified atom stereocenters. The zero-order chi connectivity index (χ0) is 23.2. The highest BCUT2D eigenvalue weighted by molar-refractivity contribution is 5.90. The van der Waals surface area contributed by atoms with Crippen molar-refractivity contribution in [3.8, 4) is 28.4 Å². The molecule has 0 saturated carbocycles. The Kier molecular flexibility index (Phi) is 5.11. The van der Waals surface area contributed by atoms with Crippen LogP contribution in [0.1, 0.15) is 23.6 Å². The van der Waals surface area contributed by atoms with E-state index >= 15 is 4.39 Å². The number of halogens is 1. The maximum absolute atomic E-state index is 15.2. The Morgan fingerprint density at radius 2 is 2.06 bits per heavy atom. The zero-order valence-electron chi connectivity index (χ0n) is 18.7. The summed E-state index contributed by atoms with van der Waals surface area (Å²) in [5, 5.41) is 7.39. The SMILES string of the molecule is COc1c(-c2ncc3[nH]nc(-c4ccc(N5CCOCC5)nc4)c3n2)c(F)cc2c1C(N)CC2. The summed E-state index contributed by atoms with van der Waals surface area (Å²) in [5.41, 5.74) is 10.9. The number of fused-ring (bicyclic) bond motifs is 2. The normalized spacial score (nSPS) is 17.9. The van der Waals surface area contributed by atoms with Crippen LogP contribution in [0.4, 0.5) is 10.2 Å². The molecule has 3 aromatic heterocycles. The average molecular weight is 462 g/mol. The molecule has 9 nitrogen and oxygen atoms in total. The number of aromatic nitrogens is 5. The van der Waals surface area contributed by atoms with Gasteiger partial charge in [0.1, 0.15) is 34.1 Å². The molecule has 10 heteroatoms. The number of aromatic amines is 1. The smallest absolute Gasteiger partial charge is 0.166 e. The summed E-state index contributed by atoms with van der Waals surface area (Å²) in [6.07, 6.45) is 4.87. The third kappa shape index (κ3) is 3.37. The van der Waals surface area contributed by atoms with E-state index in [2.05, 4.69) is 25.1 Å². The van der Waals surface area contributed by atoms with Crippen molar-refractivity contribution in [1.29, 1.82) is 0 Å². The topological polar surface area (TPSA) is 115 Å². The number of anilines is 1. The van der Waals surface area contributed by atoms with E-state index in [4.69, 9.17) is 20.2 Å². The van der Waals surface area contributed by atoms with Crippen LogP contribution in [0.3, 0.4) is 0 Å². The first-order chi connectivity index (χ1) is 16.6. The number of nitrogens with zero attached hydrogens (tertiary/aromatic N) is 5. The van der Waals surface area contributed by atoms with Crippen molar-refractivity contribution >= 4 is 16.9 Å². The predicted octanol–water partition coefficient (Wildman–Crippen LogP) is 3.01. The molecule has 4 aromatic rings. The van der Waals surface area contributed by atoms with Gasteiger partial charge in [0.25, 0.3) is 0 Å². The quantitative estimate of drug-likeness (QED) is 0.477. The number of rotatable bonds is 4. The average Bonchev–Trinajstić information content (AvgIpc) is 3.46. The molecule has 174 valence electrons. The fraction of sp³-hybridized carbons (Fsp3) is 0.333. The molecule has 6 rings (SSSR count). The van der Waals surface area contributed by atoms with Crippen LogP contribution < -0.4 is 15.4 Å². The second kappa shape index (κ2) is 8.30. The number of benzene rings is 1. The lowest BCUT2D eigenvalue weighted by atomic mass is 10.0. The van der Waals surface area contributed by atoms with E-state index in [0.29, 0.717) is 35.7 Å². The van der Waals surface area contributed by atoms with E-state index in [-0.39, 0.29) is 17.4 Å². The van der Waals surface area contributed by atoms with Crippen molar-refractivity contribution in [2.24, 2.45) is 5.73 Å². The van der Waals surface area contributed by atoms with Crippen LogP contribution in [0.25, 0.3) is 33.7 Å². The van der Waals surface area contributed by atoms with Crippen molar-refractivity contribution in [2.75, 3.05) is 38.3 Å². The van der Waals surface area contributed by atoms with Gasteiger partial charge in [-0.3, -0.25) is 5.10 Å². The van der Waals surface area contributed by atoms with Gasteiger partial charge in [-0.2, -0.15) is 5.10 Å². The van der Waals surface area contributed by atoms with Gasteiger partial charge in [0.05, 0.1) is 32.1 Å². The number of ether oxygens (including phenoxy) is 2. The van der Waals surface area contributed by atoms with Crippen LogP contribution in [0.5, 0.6) is 5.75 Å². The highest BCUT2D eigenvalue weighted by Gasteiger charge is 2.30. The van der Waals surface area contributed by atoms with Gasteiger partial charge in [0.15, 0.2) is 5.82 Å². The van der Waals surface area contributed by atoms with Gasteiger partial charge in [-0.1, -0.05) is 0 Å². The molecule has 0 amide bonds. The fourth-order valence-electron chi connectivity index (χ4n) is 4.82. The third-order valence-corrected chi connectivity index (χ3v) is 6.54. The molecule has 3 N–H and O–H groups in total. The minimum absolute atomic E-state index is 0.200. The standard InChI is InChI=1S/C24H24FN7O2/c1-33-23-19-13(2-4-16(19)26)10-15(25)20(23)24-28-12-17-22(29-24)21(31-30-17)14-3-5-18(27-11-14)32-6-8-34-9-7-32/h3,5,10-12,16H,2,4,6-9,26H2,1H3,(H,30,31). The number of H-pyrrole nitrogens is 1. The maximum Gasteiger partial charge on any atom is 0.166 e. The van der Waals surface area contributed by atoms with E-state index in [1.54, 1.807) is 12.4 Å². The van der Waals surface area contributed by atoms with Gasteiger partial charge in [-0.05, 0) is 36.6 Å². The first kappa shape index (κ1) is 20.9. The fourth-order valence-corrected chi connectivity index (χ4v) is 4.82. The lowest BCUT2D eigenvalue weighted by Crippen LogP contribution is -2.36. The first-order valence-electron chi connectivity index (χ1n) is 11.3. The Morgan fingerprint density at radius 3 is 2.82 bits per heavy atom. The van der Waals surface area contributed by atoms with Crippen molar-refractivity contribution in [1.82, 2.24) is 25.1 Å². The Hall–Kier alpha value is -3.63. The van der Waals surface area contributed by atoms with Crippen molar-refractivity contribution in [3.63, 3.8) is 0 Å². The molecule has 1 aliphatic carbocycles. The summed E-state index contributed by atoms with van der Waals surface area (Å²) >= 11 is 0. The molecular formula is C24H24FN7O2. The Balaban J connectivity index is 1.42. The van der Waals surface area contributed by atoms with Gasteiger partial charge >= 0.3 is 0 Å². The van der Waals surface area contributed by atoms with E-state index < -0.39 is 5.82 Å². The van der Waals surface area contributed by atoms with Crippen LogP contribution >= 0.6 is 0 Å². The molecule has 2 aliphatic rings. The summed E-state index contributed by atoms with van der Waals surface area (Å²) in [6.45, 7) is 3.01. The maximum atomic E-state index is 15.2. The number of morpholine rings is 1. The van der Waals surface area contributed by atoms with Gasteiger partial charge in [-0.25, -0.2) is 19.3 Å². The lowest BCUT2D eigenvalue weighted by molar-refractivity contribution is 0.122. The molecule has 1 saturated heterocycles. The van der Waals surface area contributed by atoms with Gasteiger partial charge in [0, 0.05) is 36.5 Å². The number of nitrogens with two attached hydrogens (primary N) is 1. The summed E-state index contributed by atoms with van der Waals surface area (Å²) in [5.74, 6) is 1.10. The second-order valence-corrected chi connectivity index (χ2v) is 8.52. The summed E-state index contributed by atoms with van der Waals surface area (Å²) < 4.78 is 26.3. The molecule has 0 spiro atoms. The summed E-state index contributed by atoms with van der Waals surface area (Å²) in [4.78, 5) is 15.9. The van der Waals surface area contributed by atoms with Gasteiger partial charge in [0.2, 0.25) is 0 Å². The third-order valence-electron chi connectivity index (χ3n) is 6.54. The summed E-state index contributed by atoms with van der Waals surface area (Å²) in [6, 6.07) is 5.25. The zero-order valence-corrected chi connectivity index (χ0v) is 18.7. The number of hydrogen-bond donors (Lipinski definition) is 2. The number of hydrogen-bond acceptors (Lipinski definition) is 8. The molecular weight excluding hydrogens is 437 g/mol. The second-order valence-electron chi connectivity index (χ2n) is 8.52. The van der Waals surface area contributed by atoms with Crippen LogP contribution in [0, 0.1) is 5.82 Å². The molecule has 1 atom stereocenters. The summed E-state index contributed by atoms with van der Waals surface area (Å²) in [7, 11) is 1.52. The minimum Gasteiger partial charge on any atom is -0.496 e. The van der Waals surface area contributed by atoms with Gasteiger partial charge < -0.3 is 20.1 Å². The number of pyridine rings is 1. The Labute approximate surface area is 195 Å². The molecule has 1 fully saturated rings. The minimum atomic E-state index is -0.425. The molecule has 0 bridgehead atoms. The predicted molar refractivity (Wildman–Crippen MR) is 125 cm³/mol. The highest BCUT2D eigenvalue weighted by Crippen LogP contribution is 2.43. The molecule has 1 aliphatic heterocycles. The van der Waals surface area contributed by atoms with Crippen LogP contribution in [-0.4, -0.2) is 58.6 Å². The largest absolute Gasteiger partial charge is 0.496 e. The molecule has 0 radical (unpaired) electrons. The van der Waals surface area contributed by atoms with E-state index in [1.807, 2.05) is 12.1 Å². The Bertz CT molecular complexity index is 1370. The van der Waals surface area contributed by atoms with E-state index in [1.165, 1.54) is 13.2 Å². The monoisotopic (exact) mass is 461 g/mol. The lowest BCUT2D eigenvalue weighted by Gasteiger charge is -2.27. The number of nitrogens with one attached hydrogen (secondary N) is 1. The van der Waals surface area contributed by atoms with Crippen molar-refractivity contribution < 1.29 is 13.9 Å². The van der Waals surface area contributed by atoms with Crippen LogP contribution in [0.2, 0.25) is 0 Å². The van der Waals surface area contributed by atoms with E-state index in [0.717, 1.165) is 48.4 Å². The number of methoxy groups -OCH3 is 1. The van der Waals surface area contributed by atoms with Crippen LogP contribution in [0.15, 0.2) is 30.6 Å². The van der Waals surface area contributed by atoms with Crippen molar-refractivity contribution in [3.05, 3.63) is 47.5 Å².